The van der Waals surface area contributed by atoms with E-state index >= 15 is 0 Å². The Labute approximate surface area is 154 Å². The van der Waals surface area contributed by atoms with Crippen LogP contribution in [0.5, 0.6) is 11.5 Å². The molecule has 0 aliphatic carbocycles. The fourth-order valence-corrected chi connectivity index (χ4v) is 2.33. The molecule has 0 heterocycles. The van der Waals surface area contributed by atoms with Crippen molar-refractivity contribution in [2.45, 2.75) is 0 Å². The van der Waals surface area contributed by atoms with Gasteiger partial charge in [0.05, 0.1) is 28.4 Å². The maximum absolute atomic E-state index is 11.7. The van der Waals surface area contributed by atoms with E-state index in [4.69, 9.17) is 44.3 Å². The summed E-state index contributed by atoms with van der Waals surface area (Å²) >= 11 is 17.7. The molecular formula is C16H13Cl3N2O3. The summed E-state index contributed by atoms with van der Waals surface area (Å²) in [5.41, 5.74) is 3.08. The van der Waals surface area contributed by atoms with E-state index in [1.54, 1.807) is 19.2 Å². The number of carbonyl (C=O) groups is 1. The van der Waals surface area contributed by atoms with Crippen molar-refractivity contribution >= 4 is 46.9 Å². The predicted octanol–water partition coefficient (Wildman–Crippen LogP) is 4.18. The van der Waals surface area contributed by atoms with Crippen molar-refractivity contribution in [3.05, 3.63) is 57.0 Å². The van der Waals surface area contributed by atoms with Gasteiger partial charge in [0.1, 0.15) is 11.5 Å². The molecule has 0 unspecified atom stereocenters. The molecule has 0 aliphatic rings. The number of ether oxygens (including phenoxy) is 2. The number of rotatable bonds is 6. The van der Waals surface area contributed by atoms with Gasteiger partial charge in [-0.1, -0.05) is 46.9 Å². The number of benzene rings is 2. The summed E-state index contributed by atoms with van der Waals surface area (Å²) in [6, 6.07) is 10.2. The molecule has 2 aromatic rings. The van der Waals surface area contributed by atoms with Crippen molar-refractivity contribution in [3.63, 3.8) is 0 Å². The van der Waals surface area contributed by atoms with Gasteiger partial charge in [-0.3, -0.25) is 4.79 Å². The minimum atomic E-state index is -0.455. The third-order valence-electron chi connectivity index (χ3n) is 2.87. The van der Waals surface area contributed by atoms with Crippen LogP contribution in [0, 0.1) is 0 Å². The standard InChI is InChI=1S/C16H13Cl3N2O3/c1-23-14-5-3-2-4-10(14)8-20-21-16(22)9-24-15-7-12(18)11(17)6-13(15)19/h2-8H,9H2,1H3,(H,21,22). The molecule has 126 valence electrons. The summed E-state index contributed by atoms with van der Waals surface area (Å²) in [5.74, 6) is 0.451. The lowest BCUT2D eigenvalue weighted by atomic mass is 10.2. The van der Waals surface area contributed by atoms with Gasteiger partial charge in [0.2, 0.25) is 0 Å². The second kappa shape index (κ2) is 8.78. The Morgan fingerprint density at radius 1 is 1.12 bits per heavy atom. The first-order valence-electron chi connectivity index (χ1n) is 6.73. The highest BCUT2D eigenvalue weighted by Gasteiger charge is 2.09. The van der Waals surface area contributed by atoms with Crippen LogP contribution in [0.3, 0.4) is 0 Å². The number of hydrogen-bond acceptors (Lipinski definition) is 4. The summed E-state index contributed by atoms with van der Waals surface area (Å²) in [6.45, 7) is -0.277. The topological polar surface area (TPSA) is 59.9 Å². The molecule has 24 heavy (non-hydrogen) atoms. The molecule has 2 rings (SSSR count). The van der Waals surface area contributed by atoms with Crippen molar-refractivity contribution < 1.29 is 14.3 Å². The molecule has 0 fully saturated rings. The van der Waals surface area contributed by atoms with Crippen LogP contribution < -0.4 is 14.9 Å². The largest absolute Gasteiger partial charge is 0.496 e. The van der Waals surface area contributed by atoms with Crippen LogP contribution in [-0.4, -0.2) is 25.8 Å². The quantitative estimate of drug-likeness (QED) is 0.459. The summed E-state index contributed by atoms with van der Waals surface area (Å²) in [4.78, 5) is 11.7. The Balaban J connectivity index is 1.90. The molecule has 0 aliphatic heterocycles. The maximum Gasteiger partial charge on any atom is 0.277 e. The normalized spacial score (nSPS) is 10.7. The van der Waals surface area contributed by atoms with E-state index in [2.05, 4.69) is 10.5 Å². The van der Waals surface area contributed by atoms with E-state index < -0.39 is 5.91 Å². The van der Waals surface area contributed by atoms with E-state index in [1.807, 2.05) is 12.1 Å². The van der Waals surface area contributed by atoms with Gasteiger partial charge >= 0.3 is 0 Å². The molecule has 0 saturated heterocycles. The van der Waals surface area contributed by atoms with Gasteiger partial charge in [-0.25, -0.2) is 5.43 Å². The Bertz CT molecular complexity index is 766. The van der Waals surface area contributed by atoms with Gasteiger partial charge in [-0.05, 0) is 18.2 Å². The molecule has 0 radical (unpaired) electrons. The summed E-state index contributed by atoms with van der Waals surface area (Å²) in [7, 11) is 1.56. The zero-order chi connectivity index (χ0) is 17.5. The molecule has 1 amide bonds. The molecule has 5 nitrogen and oxygen atoms in total. The number of nitrogens with one attached hydrogen (secondary N) is 1. The smallest absolute Gasteiger partial charge is 0.277 e. The van der Waals surface area contributed by atoms with E-state index in [-0.39, 0.29) is 22.4 Å². The second-order valence-corrected chi connectivity index (χ2v) is 5.74. The number of halogens is 3. The molecule has 0 bridgehead atoms. The zero-order valence-corrected chi connectivity index (χ0v) is 14.8. The van der Waals surface area contributed by atoms with Gasteiger partial charge in [0.15, 0.2) is 6.61 Å². The average molecular weight is 388 g/mol. The molecule has 8 heteroatoms. The van der Waals surface area contributed by atoms with E-state index in [9.17, 15) is 4.79 Å². The third-order valence-corrected chi connectivity index (χ3v) is 3.88. The van der Waals surface area contributed by atoms with Crippen molar-refractivity contribution in [1.29, 1.82) is 0 Å². The first-order valence-corrected chi connectivity index (χ1v) is 7.87. The summed E-state index contributed by atoms with van der Waals surface area (Å²) < 4.78 is 10.5. The summed E-state index contributed by atoms with van der Waals surface area (Å²) in [5, 5.41) is 4.70. The van der Waals surface area contributed by atoms with Crippen molar-refractivity contribution in [1.82, 2.24) is 5.43 Å². The van der Waals surface area contributed by atoms with Crippen LogP contribution in [0.4, 0.5) is 0 Å². The number of carbonyl (C=O) groups excluding carboxylic acids is 1. The Morgan fingerprint density at radius 2 is 1.83 bits per heavy atom. The van der Waals surface area contributed by atoms with E-state index in [0.29, 0.717) is 10.8 Å². The summed E-state index contributed by atoms with van der Waals surface area (Å²) in [6.07, 6.45) is 1.48. The first kappa shape index (κ1) is 18.4. The molecule has 0 atom stereocenters. The van der Waals surface area contributed by atoms with Crippen LogP contribution in [-0.2, 0) is 4.79 Å². The number of methoxy groups -OCH3 is 1. The molecule has 2 aromatic carbocycles. The fraction of sp³-hybridized carbons (Fsp3) is 0.125. The van der Waals surface area contributed by atoms with Crippen LogP contribution in [0.1, 0.15) is 5.56 Å². The average Bonchev–Trinajstić information content (AvgIpc) is 2.57. The SMILES string of the molecule is COc1ccccc1C=NNC(=O)COc1cc(Cl)c(Cl)cc1Cl. The molecule has 0 aromatic heterocycles. The van der Waals surface area contributed by atoms with E-state index in [0.717, 1.165) is 5.56 Å². The lowest BCUT2D eigenvalue weighted by molar-refractivity contribution is -0.123. The Hall–Kier alpha value is -1.95. The Kier molecular flexibility index (Phi) is 6.73. The molecule has 0 saturated carbocycles. The monoisotopic (exact) mass is 386 g/mol. The Morgan fingerprint density at radius 3 is 2.58 bits per heavy atom. The number of para-hydroxylation sites is 1. The van der Waals surface area contributed by atoms with Crippen molar-refractivity contribution in [3.8, 4) is 11.5 Å². The molecular weight excluding hydrogens is 375 g/mol. The van der Waals surface area contributed by atoms with Gasteiger partial charge in [0, 0.05) is 11.6 Å². The number of amides is 1. The molecule has 1 N–H and O–H groups in total. The van der Waals surface area contributed by atoms with Crippen molar-refractivity contribution in [2.24, 2.45) is 5.10 Å². The van der Waals surface area contributed by atoms with Gasteiger partial charge < -0.3 is 9.47 Å². The maximum atomic E-state index is 11.7. The highest BCUT2D eigenvalue weighted by molar-refractivity contribution is 6.43. The minimum Gasteiger partial charge on any atom is -0.496 e. The van der Waals surface area contributed by atoms with Gasteiger partial charge in [-0.15, -0.1) is 0 Å². The number of nitrogens with zero attached hydrogens (tertiary/aromatic N) is 1. The van der Waals surface area contributed by atoms with Gasteiger partial charge in [0.25, 0.3) is 5.91 Å². The molecule has 0 spiro atoms. The van der Waals surface area contributed by atoms with Crippen LogP contribution in [0.2, 0.25) is 15.1 Å². The third kappa shape index (κ3) is 5.03. The van der Waals surface area contributed by atoms with E-state index in [1.165, 1.54) is 18.3 Å². The highest BCUT2D eigenvalue weighted by Crippen LogP contribution is 2.33. The van der Waals surface area contributed by atoms with Gasteiger partial charge in [-0.2, -0.15) is 5.10 Å². The first-order chi connectivity index (χ1) is 11.5. The predicted molar refractivity (Wildman–Crippen MR) is 95.7 cm³/mol. The van der Waals surface area contributed by atoms with Crippen LogP contribution in [0.25, 0.3) is 0 Å². The zero-order valence-electron chi connectivity index (χ0n) is 12.6. The lowest BCUT2D eigenvalue weighted by Crippen LogP contribution is -2.24. The van der Waals surface area contributed by atoms with Crippen molar-refractivity contribution in [2.75, 3.05) is 13.7 Å². The van der Waals surface area contributed by atoms with Crippen LogP contribution in [0.15, 0.2) is 41.5 Å². The fourth-order valence-electron chi connectivity index (χ4n) is 1.74. The minimum absolute atomic E-state index is 0.259. The highest BCUT2D eigenvalue weighted by atomic mass is 35.5. The number of hydrogen-bond donors (Lipinski definition) is 1. The number of hydrazone groups is 1. The second-order valence-electron chi connectivity index (χ2n) is 4.52. The lowest BCUT2D eigenvalue weighted by Gasteiger charge is -2.08. The van der Waals surface area contributed by atoms with Crippen LogP contribution >= 0.6 is 34.8 Å².